The third-order valence-corrected chi connectivity index (χ3v) is 3.00. The van der Waals surface area contributed by atoms with E-state index in [0.29, 0.717) is 5.56 Å². The number of rotatable bonds is 8. The lowest BCUT2D eigenvalue weighted by atomic mass is 10.1. The predicted molar refractivity (Wildman–Crippen MR) is 97.9 cm³/mol. The Morgan fingerprint density at radius 2 is 1.46 bits per heavy atom. The van der Waals surface area contributed by atoms with Crippen molar-refractivity contribution in [1.82, 2.24) is 5.32 Å². The Morgan fingerprint density at radius 1 is 0.893 bits per heavy atom. The van der Waals surface area contributed by atoms with Crippen LogP contribution in [0.3, 0.4) is 0 Å². The molecule has 0 aliphatic carbocycles. The minimum absolute atomic E-state index is 0.0659. The quantitative estimate of drug-likeness (QED) is 0.312. The average molecular weight is 383 g/mol. The molecule has 0 spiro atoms. The van der Waals surface area contributed by atoms with Crippen LogP contribution in [0.25, 0.3) is 0 Å². The summed E-state index contributed by atoms with van der Waals surface area (Å²) in [5.41, 5.74) is 0.629. The van der Waals surface area contributed by atoms with Crippen molar-refractivity contribution in [2.75, 3.05) is 19.8 Å². The van der Waals surface area contributed by atoms with Gasteiger partial charge < -0.3 is 24.3 Å². The fourth-order valence-electron chi connectivity index (χ4n) is 1.85. The van der Waals surface area contributed by atoms with Gasteiger partial charge in [-0.1, -0.05) is 29.9 Å². The van der Waals surface area contributed by atoms with E-state index in [-0.39, 0.29) is 32.0 Å². The van der Waals surface area contributed by atoms with Crippen LogP contribution in [-0.2, 0) is 25.4 Å². The van der Waals surface area contributed by atoms with Crippen molar-refractivity contribution in [2.24, 2.45) is 0 Å². The van der Waals surface area contributed by atoms with E-state index in [4.69, 9.17) is 28.7 Å². The largest absolute Gasteiger partial charge is 0.514 e. The van der Waals surface area contributed by atoms with Crippen molar-refractivity contribution in [1.29, 1.82) is 0 Å². The normalized spacial score (nSPS) is 10.2. The van der Waals surface area contributed by atoms with E-state index in [1.165, 1.54) is 12.1 Å². The molecule has 0 saturated heterocycles. The van der Waals surface area contributed by atoms with Gasteiger partial charge in [0, 0.05) is 6.42 Å². The molecular formula is C20H17NO7. The summed E-state index contributed by atoms with van der Waals surface area (Å²) >= 11 is 0. The zero-order chi connectivity index (χ0) is 20.8. The standard InChI is InChI=1S/C20H17NO7/c1-4-11-25-18(22)17(21-19(23)26-12-5-2)14-15-7-9-16(10-8-15)28-20(24)27-13-6-3/h1-3,7-10,17H,11-14H2,(H,21,23)/t17-/m0/s1. The Hall–Kier alpha value is -4.09. The topological polar surface area (TPSA) is 100 Å². The van der Waals surface area contributed by atoms with Gasteiger partial charge in [0.1, 0.15) is 11.8 Å². The molecule has 1 N–H and O–H groups in total. The first-order chi connectivity index (χ1) is 13.5. The first-order valence-corrected chi connectivity index (χ1v) is 7.84. The van der Waals surface area contributed by atoms with E-state index in [1.54, 1.807) is 12.1 Å². The Labute approximate surface area is 162 Å². The van der Waals surface area contributed by atoms with Crippen molar-refractivity contribution in [3.63, 3.8) is 0 Å². The first kappa shape index (κ1) is 22.0. The first-order valence-electron chi connectivity index (χ1n) is 7.84. The molecule has 0 heterocycles. The summed E-state index contributed by atoms with van der Waals surface area (Å²) in [5.74, 6) is 5.89. The van der Waals surface area contributed by atoms with Gasteiger partial charge in [-0.25, -0.2) is 14.4 Å². The highest BCUT2D eigenvalue weighted by atomic mass is 16.7. The summed E-state index contributed by atoms with van der Waals surface area (Å²) in [7, 11) is 0. The molecule has 0 bridgehead atoms. The van der Waals surface area contributed by atoms with Crippen molar-refractivity contribution in [3.8, 4) is 42.8 Å². The van der Waals surface area contributed by atoms with Crippen LogP contribution in [-0.4, -0.2) is 44.1 Å². The third-order valence-electron chi connectivity index (χ3n) is 3.00. The maximum absolute atomic E-state index is 12.1. The lowest BCUT2D eigenvalue weighted by molar-refractivity contribution is -0.144. The number of benzene rings is 1. The number of hydrogen-bond acceptors (Lipinski definition) is 7. The maximum atomic E-state index is 12.1. The Morgan fingerprint density at radius 3 is 2.07 bits per heavy atom. The monoisotopic (exact) mass is 383 g/mol. The SMILES string of the molecule is C#CCOC(=O)N[C@@H](Cc1ccc(OC(=O)OCC#C)cc1)C(=O)OCC#C. The number of alkyl carbamates (subject to hydrolysis) is 1. The molecule has 1 amide bonds. The molecule has 1 atom stereocenters. The number of esters is 1. The van der Waals surface area contributed by atoms with Crippen LogP contribution in [0, 0.1) is 37.0 Å². The van der Waals surface area contributed by atoms with Gasteiger partial charge in [-0.2, -0.15) is 0 Å². The maximum Gasteiger partial charge on any atom is 0.514 e. The highest BCUT2D eigenvalue weighted by Gasteiger charge is 2.23. The van der Waals surface area contributed by atoms with Crippen LogP contribution in [0.5, 0.6) is 5.75 Å². The van der Waals surface area contributed by atoms with Gasteiger partial charge in [-0.05, 0) is 17.7 Å². The Balaban J connectivity index is 2.75. The number of terminal acetylenes is 3. The lowest BCUT2D eigenvalue weighted by Crippen LogP contribution is -2.43. The number of nitrogens with one attached hydrogen (secondary N) is 1. The summed E-state index contributed by atoms with van der Waals surface area (Å²) in [6, 6.07) is 5.06. The summed E-state index contributed by atoms with van der Waals surface area (Å²) in [6.07, 6.45) is 13.3. The van der Waals surface area contributed by atoms with Crippen LogP contribution in [0.4, 0.5) is 9.59 Å². The molecule has 0 aliphatic heterocycles. The third kappa shape index (κ3) is 8.33. The average Bonchev–Trinajstić information content (AvgIpc) is 2.69. The summed E-state index contributed by atoms with van der Waals surface area (Å²) in [4.78, 5) is 35.1. The fourth-order valence-corrected chi connectivity index (χ4v) is 1.85. The number of amides is 1. The van der Waals surface area contributed by atoms with Gasteiger partial charge >= 0.3 is 18.2 Å². The minimum atomic E-state index is -1.06. The van der Waals surface area contributed by atoms with Gasteiger partial charge in [-0.3, -0.25) is 0 Å². The van der Waals surface area contributed by atoms with E-state index in [1.807, 2.05) is 0 Å². The zero-order valence-corrected chi connectivity index (χ0v) is 14.8. The fraction of sp³-hybridized carbons (Fsp3) is 0.250. The molecule has 0 aliphatic rings. The molecule has 28 heavy (non-hydrogen) atoms. The van der Waals surface area contributed by atoms with Crippen LogP contribution in [0.15, 0.2) is 24.3 Å². The number of ether oxygens (including phenoxy) is 4. The van der Waals surface area contributed by atoms with Crippen molar-refractivity contribution in [3.05, 3.63) is 29.8 Å². The van der Waals surface area contributed by atoms with E-state index in [2.05, 4.69) is 32.6 Å². The molecule has 144 valence electrons. The second kappa shape index (κ2) is 12.3. The molecule has 0 saturated carbocycles. The van der Waals surface area contributed by atoms with Crippen LogP contribution in [0.1, 0.15) is 5.56 Å². The van der Waals surface area contributed by atoms with Crippen LogP contribution in [0.2, 0.25) is 0 Å². The number of carbonyl (C=O) groups excluding carboxylic acids is 3. The van der Waals surface area contributed by atoms with Gasteiger partial charge in [0.2, 0.25) is 0 Å². The van der Waals surface area contributed by atoms with Gasteiger partial charge in [0.15, 0.2) is 19.8 Å². The smallest absolute Gasteiger partial charge is 0.451 e. The molecule has 8 heteroatoms. The van der Waals surface area contributed by atoms with Crippen molar-refractivity contribution in [2.45, 2.75) is 12.5 Å². The lowest BCUT2D eigenvalue weighted by Gasteiger charge is -2.17. The summed E-state index contributed by atoms with van der Waals surface area (Å²) in [6.45, 7) is -0.706. The molecule has 8 nitrogen and oxygen atoms in total. The van der Waals surface area contributed by atoms with E-state index >= 15 is 0 Å². The summed E-state index contributed by atoms with van der Waals surface area (Å²) < 4.78 is 19.0. The van der Waals surface area contributed by atoms with Gasteiger partial charge in [-0.15, -0.1) is 19.3 Å². The molecule has 0 fully saturated rings. The van der Waals surface area contributed by atoms with Gasteiger partial charge in [0.25, 0.3) is 0 Å². The second-order valence-corrected chi connectivity index (χ2v) is 4.98. The highest BCUT2D eigenvalue weighted by Crippen LogP contribution is 2.14. The number of hydrogen-bond donors (Lipinski definition) is 1. The molecule has 1 aromatic rings. The van der Waals surface area contributed by atoms with Crippen LogP contribution < -0.4 is 10.1 Å². The molecule has 1 rings (SSSR count). The van der Waals surface area contributed by atoms with E-state index in [0.717, 1.165) is 0 Å². The molecule has 1 aromatic carbocycles. The second-order valence-electron chi connectivity index (χ2n) is 4.98. The zero-order valence-electron chi connectivity index (χ0n) is 14.8. The van der Waals surface area contributed by atoms with Crippen molar-refractivity contribution >= 4 is 18.2 Å². The number of carbonyl (C=O) groups is 3. The minimum Gasteiger partial charge on any atom is -0.451 e. The van der Waals surface area contributed by atoms with E-state index < -0.39 is 24.3 Å². The molecule has 0 radical (unpaired) electrons. The van der Waals surface area contributed by atoms with Crippen molar-refractivity contribution < 1.29 is 33.3 Å². The van der Waals surface area contributed by atoms with Gasteiger partial charge in [0.05, 0.1) is 0 Å². The summed E-state index contributed by atoms with van der Waals surface area (Å²) in [5, 5.41) is 2.35. The molecule has 0 unspecified atom stereocenters. The predicted octanol–water partition coefficient (Wildman–Crippen LogP) is 1.28. The van der Waals surface area contributed by atoms with Crippen LogP contribution >= 0.6 is 0 Å². The van der Waals surface area contributed by atoms with E-state index in [9.17, 15) is 14.4 Å². The molecular weight excluding hydrogens is 366 g/mol. The Bertz CT molecular complexity index is 809. The highest BCUT2D eigenvalue weighted by molar-refractivity contribution is 5.81. The molecule has 0 aromatic heterocycles. The Kier molecular flexibility index (Phi) is 9.64.